The second kappa shape index (κ2) is 9.75. The monoisotopic (exact) mass is 390 g/mol. The number of hydrogen-bond acceptors (Lipinski definition) is 6. The van der Waals surface area contributed by atoms with Crippen molar-refractivity contribution in [2.45, 2.75) is 44.1 Å². The summed E-state index contributed by atoms with van der Waals surface area (Å²) in [6, 6.07) is 8.04. The Bertz CT molecular complexity index is 742. The largest absolute Gasteiger partial charge is 0.486 e. The highest BCUT2D eigenvalue weighted by atomic mass is 32.2. The molecule has 1 aromatic carbocycles. The lowest BCUT2D eigenvalue weighted by Crippen LogP contribution is -2.32. The number of benzene rings is 1. The van der Waals surface area contributed by atoms with Crippen LogP contribution in [0.25, 0.3) is 0 Å². The maximum atomic E-state index is 12.0. The molecule has 2 heterocycles. The zero-order valence-electron chi connectivity index (χ0n) is 15.8. The summed E-state index contributed by atoms with van der Waals surface area (Å²) in [6.07, 6.45) is 3.25. The minimum absolute atomic E-state index is 0.0210. The van der Waals surface area contributed by atoms with E-state index in [0.717, 1.165) is 37.4 Å². The van der Waals surface area contributed by atoms with Crippen LogP contribution in [0.2, 0.25) is 0 Å². The molecule has 1 N–H and O–H groups in total. The van der Waals surface area contributed by atoms with Gasteiger partial charge >= 0.3 is 0 Å². The Hall–Kier alpha value is -2.06. The van der Waals surface area contributed by atoms with E-state index in [1.165, 1.54) is 17.3 Å². The van der Waals surface area contributed by atoms with Gasteiger partial charge in [0.15, 0.2) is 11.0 Å². The number of amides is 1. The van der Waals surface area contributed by atoms with E-state index in [2.05, 4.69) is 34.6 Å². The van der Waals surface area contributed by atoms with E-state index in [4.69, 9.17) is 9.47 Å². The lowest BCUT2D eigenvalue weighted by Gasteiger charge is -2.10. The molecular formula is C19H26N4O3S. The van der Waals surface area contributed by atoms with Gasteiger partial charge in [-0.05, 0) is 37.0 Å². The highest BCUT2D eigenvalue weighted by Crippen LogP contribution is 2.18. The normalized spacial score (nSPS) is 16.4. The molecule has 7 nitrogen and oxygen atoms in total. The fraction of sp³-hybridized carbons (Fsp3) is 0.526. The smallest absolute Gasteiger partial charge is 0.230 e. The molecule has 1 fully saturated rings. The Labute approximate surface area is 163 Å². The van der Waals surface area contributed by atoms with Crippen molar-refractivity contribution in [1.29, 1.82) is 0 Å². The van der Waals surface area contributed by atoms with Crippen molar-refractivity contribution in [3.63, 3.8) is 0 Å². The van der Waals surface area contributed by atoms with E-state index >= 15 is 0 Å². The zero-order valence-corrected chi connectivity index (χ0v) is 16.6. The lowest BCUT2D eigenvalue weighted by molar-refractivity contribution is -0.119. The molecule has 0 aliphatic carbocycles. The summed E-state index contributed by atoms with van der Waals surface area (Å²) in [5.74, 6) is 1.81. The maximum Gasteiger partial charge on any atom is 0.230 e. The van der Waals surface area contributed by atoms with Gasteiger partial charge in [0.1, 0.15) is 12.4 Å². The van der Waals surface area contributed by atoms with Gasteiger partial charge in [-0.3, -0.25) is 4.79 Å². The van der Waals surface area contributed by atoms with Gasteiger partial charge in [0, 0.05) is 20.2 Å². The number of nitrogens with zero attached hydrogens (tertiary/aromatic N) is 3. The van der Waals surface area contributed by atoms with Crippen LogP contribution in [0.3, 0.4) is 0 Å². The van der Waals surface area contributed by atoms with Gasteiger partial charge in [-0.25, -0.2) is 0 Å². The number of aryl methyl sites for hydroxylation is 1. The van der Waals surface area contributed by atoms with Crippen molar-refractivity contribution >= 4 is 17.7 Å². The van der Waals surface area contributed by atoms with E-state index in [0.29, 0.717) is 24.1 Å². The van der Waals surface area contributed by atoms with Gasteiger partial charge in [0.25, 0.3) is 0 Å². The Morgan fingerprint density at radius 1 is 1.37 bits per heavy atom. The molecule has 2 aromatic rings. The first-order valence-corrected chi connectivity index (χ1v) is 10.3. The number of hydrogen-bond donors (Lipinski definition) is 1. The number of carbonyl (C=O) groups excluding carboxylic acids is 1. The third kappa shape index (κ3) is 5.71. The number of ether oxygens (including phenoxy) is 2. The second-order valence-electron chi connectivity index (χ2n) is 6.47. The molecule has 0 saturated carbocycles. The van der Waals surface area contributed by atoms with Crippen molar-refractivity contribution in [2.24, 2.45) is 7.05 Å². The predicted octanol–water partition coefficient (Wildman–Crippen LogP) is 2.34. The average molecular weight is 391 g/mol. The van der Waals surface area contributed by atoms with Crippen molar-refractivity contribution in [2.75, 3.05) is 18.9 Å². The molecule has 1 saturated heterocycles. The van der Waals surface area contributed by atoms with Crippen molar-refractivity contribution < 1.29 is 14.3 Å². The first kappa shape index (κ1) is 19.7. The van der Waals surface area contributed by atoms with Crippen LogP contribution in [0.4, 0.5) is 0 Å². The molecule has 0 bridgehead atoms. The quantitative estimate of drug-likeness (QED) is 0.662. The SMILES string of the molecule is CCc1ccc(OCc2nnc(SCC(=O)NC[C@H]3CCCO3)n2C)cc1. The van der Waals surface area contributed by atoms with Crippen LogP contribution in [-0.4, -0.2) is 45.7 Å². The Kier molecular flexibility index (Phi) is 7.11. The summed E-state index contributed by atoms with van der Waals surface area (Å²) >= 11 is 1.37. The summed E-state index contributed by atoms with van der Waals surface area (Å²) in [7, 11) is 1.88. The molecule has 1 atom stereocenters. The Morgan fingerprint density at radius 2 is 2.19 bits per heavy atom. The highest BCUT2D eigenvalue weighted by Gasteiger charge is 2.17. The molecule has 3 rings (SSSR count). The summed E-state index contributed by atoms with van der Waals surface area (Å²) in [6.45, 7) is 3.83. The van der Waals surface area contributed by atoms with Crippen LogP contribution in [0.5, 0.6) is 5.75 Å². The summed E-state index contributed by atoms with van der Waals surface area (Å²) in [4.78, 5) is 12.0. The zero-order chi connectivity index (χ0) is 19.1. The van der Waals surface area contributed by atoms with Crippen LogP contribution >= 0.6 is 11.8 Å². The maximum absolute atomic E-state index is 12.0. The van der Waals surface area contributed by atoms with Gasteiger partial charge in [-0.2, -0.15) is 0 Å². The van der Waals surface area contributed by atoms with E-state index < -0.39 is 0 Å². The van der Waals surface area contributed by atoms with Gasteiger partial charge in [-0.15, -0.1) is 10.2 Å². The minimum Gasteiger partial charge on any atom is -0.486 e. The van der Waals surface area contributed by atoms with E-state index in [-0.39, 0.29) is 12.0 Å². The fourth-order valence-corrected chi connectivity index (χ4v) is 3.54. The number of nitrogens with one attached hydrogen (secondary N) is 1. The molecule has 0 unspecified atom stereocenters. The average Bonchev–Trinajstić information content (AvgIpc) is 3.33. The van der Waals surface area contributed by atoms with Crippen molar-refractivity contribution in [3.05, 3.63) is 35.7 Å². The molecule has 8 heteroatoms. The number of thioether (sulfide) groups is 1. The third-order valence-electron chi connectivity index (χ3n) is 4.51. The topological polar surface area (TPSA) is 78.3 Å². The number of carbonyl (C=O) groups is 1. The van der Waals surface area contributed by atoms with E-state index in [9.17, 15) is 4.79 Å². The van der Waals surface area contributed by atoms with Crippen LogP contribution in [0, 0.1) is 0 Å². The van der Waals surface area contributed by atoms with Crippen molar-refractivity contribution in [1.82, 2.24) is 20.1 Å². The van der Waals surface area contributed by atoms with E-state index in [1.807, 2.05) is 23.7 Å². The van der Waals surface area contributed by atoms with Crippen LogP contribution in [-0.2, 0) is 29.6 Å². The Morgan fingerprint density at radius 3 is 2.89 bits per heavy atom. The van der Waals surface area contributed by atoms with Gasteiger partial charge in [-0.1, -0.05) is 30.8 Å². The molecule has 146 valence electrons. The number of rotatable bonds is 9. The fourth-order valence-electron chi connectivity index (χ4n) is 2.78. The molecule has 1 aliphatic rings. The first-order valence-electron chi connectivity index (χ1n) is 9.26. The molecule has 27 heavy (non-hydrogen) atoms. The van der Waals surface area contributed by atoms with E-state index in [1.54, 1.807) is 0 Å². The van der Waals surface area contributed by atoms with Crippen LogP contribution in [0.15, 0.2) is 29.4 Å². The van der Waals surface area contributed by atoms with Gasteiger partial charge in [0.2, 0.25) is 5.91 Å². The minimum atomic E-state index is -0.0210. The predicted molar refractivity (Wildman–Crippen MR) is 104 cm³/mol. The second-order valence-corrected chi connectivity index (χ2v) is 7.41. The Balaban J connectivity index is 1.43. The van der Waals surface area contributed by atoms with Crippen LogP contribution < -0.4 is 10.1 Å². The number of aromatic nitrogens is 3. The van der Waals surface area contributed by atoms with Crippen molar-refractivity contribution in [3.8, 4) is 5.75 Å². The van der Waals surface area contributed by atoms with Gasteiger partial charge in [0.05, 0.1) is 11.9 Å². The summed E-state index contributed by atoms with van der Waals surface area (Å²) < 4.78 is 13.1. The molecule has 1 amide bonds. The molecule has 1 aromatic heterocycles. The summed E-state index contributed by atoms with van der Waals surface area (Å²) in [5.41, 5.74) is 1.28. The summed E-state index contributed by atoms with van der Waals surface area (Å²) in [5, 5.41) is 11.9. The molecule has 0 radical (unpaired) electrons. The lowest BCUT2D eigenvalue weighted by atomic mass is 10.2. The first-order chi connectivity index (χ1) is 13.2. The highest BCUT2D eigenvalue weighted by molar-refractivity contribution is 7.99. The molecule has 0 spiro atoms. The van der Waals surface area contributed by atoms with Gasteiger partial charge < -0.3 is 19.4 Å². The van der Waals surface area contributed by atoms with Crippen LogP contribution in [0.1, 0.15) is 31.2 Å². The standard InChI is InChI=1S/C19H26N4O3S/c1-3-14-6-8-15(9-7-14)26-12-17-21-22-19(23(17)2)27-13-18(24)20-11-16-5-4-10-25-16/h6-9,16H,3-5,10-13H2,1-2H3,(H,20,24)/t16-/m1/s1. The molecular weight excluding hydrogens is 364 g/mol. The molecule has 1 aliphatic heterocycles. The third-order valence-corrected chi connectivity index (χ3v) is 5.53.